The van der Waals surface area contributed by atoms with Gasteiger partial charge in [-0.05, 0) is 42.3 Å². The molecule has 0 radical (unpaired) electrons. The molecule has 0 aromatic heterocycles. The zero-order valence-corrected chi connectivity index (χ0v) is 14.5. The number of amides is 1. The van der Waals surface area contributed by atoms with Crippen LogP contribution in [-0.2, 0) is 20.7 Å². The van der Waals surface area contributed by atoms with Gasteiger partial charge in [0, 0.05) is 5.02 Å². The first-order valence-corrected chi connectivity index (χ1v) is 8.31. The minimum atomic E-state index is -0.514. The molecule has 6 nitrogen and oxygen atoms in total. The Hall–Kier alpha value is -3.04. The Bertz CT molecular complexity index is 891. The number of esters is 1. The molecule has 0 saturated heterocycles. The van der Waals surface area contributed by atoms with Gasteiger partial charge in [-0.3, -0.25) is 9.59 Å². The van der Waals surface area contributed by atoms with Gasteiger partial charge in [0.05, 0.1) is 17.2 Å². The fraction of sp³-hybridized carbons (Fsp3) is 0.211. The van der Waals surface area contributed by atoms with Crippen LogP contribution < -0.4 is 10.1 Å². The maximum Gasteiger partial charge on any atom is 0.313 e. The lowest BCUT2D eigenvalue weighted by Crippen LogP contribution is -2.32. The summed E-state index contributed by atoms with van der Waals surface area (Å²) in [4.78, 5) is 24.2. The molecule has 0 unspecified atom stereocenters. The fourth-order valence-electron chi connectivity index (χ4n) is 2.64. The van der Waals surface area contributed by atoms with Crippen molar-refractivity contribution in [3.05, 3.63) is 58.6 Å². The number of nitriles is 1. The summed E-state index contributed by atoms with van der Waals surface area (Å²) in [6.45, 7) is -0.246. The predicted octanol–water partition coefficient (Wildman–Crippen LogP) is 2.94. The van der Waals surface area contributed by atoms with Crippen molar-refractivity contribution in [2.45, 2.75) is 6.42 Å². The first-order chi connectivity index (χ1) is 12.6. The average molecular weight is 371 g/mol. The molecule has 0 bridgehead atoms. The van der Waals surface area contributed by atoms with Gasteiger partial charge in [-0.2, -0.15) is 5.26 Å². The van der Waals surface area contributed by atoms with Crippen LogP contribution in [0.4, 0.5) is 5.69 Å². The van der Waals surface area contributed by atoms with E-state index in [4.69, 9.17) is 26.3 Å². The number of nitrogens with one attached hydrogen (secondary N) is 1. The Morgan fingerprint density at radius 2 is 2.12 bits per heavy atom. The molecule has 0 saturated carbocycles. The summed E-state index contributed by atoms with van der Waals surface area (Å²) in [5.41, 5.74) is 1.54. The topological polar surface area (TPSA) is 88.4 Å². The molecule has 1 aliphatic rings. The lowest BCUT2D eigenvalue weighted by atomic mass is 9.97. The fourth-order valence-corrected chi connectivity index (χ4v) is 2.84. The molecule has 2 aromatic carbocycles. The number of rotatable bonds is 4. The van der Waals surface area contributed by atoms with Crippen LogP contribution in [0, 0.1) is 17.2 Å². The summed E-state index contributed by atoms with van der Waals surface area (Å²) in [7, 11) is 0. The normalized spacial score (nSPS) is 15.2. The zero-order valence-electron chi connectivity index (χ0n) is 13.7. The predicted molar refractivity (Wildman–Crippen MR) is 94.9 cm³/mol. The smallest absolute Gasteiger partial charge is 0.313 e. The molecule has 0 spiro atoms. The number of anilines is 1. The van der Waals surface area contributed by atoms with E-state index in [2.05, 4.69) is 5.32 Å². The molecule has 132 valence electrons. The molecule has 1 amide bonds. The van der Waals surface area contributed by atoms with Crippen molar-refractivity contribution in [2.24, 2.45) is 5.92 Å². The maximum absolute atomic E-state index is 12.2. The number of nitrogens with zero attached hydrogens (tertiary/aromatic N) is 1. The van der Waals surface area contributed by atoms with Crippen molar-refractivity contribution in [1.29, 1.82) is 5.26 Å². The third-order valence-electron chi connectivity index (χ3n) is 3.93. The number of para-hydroxylation sites is 1. The monoisotopic (exact) mass is 370 g/mol. The SMILES string of the molecule is N#Cc1ccccc1NC(=O)COC(=O)[C@@H]1COc2ccc(Cl)cc2C1. The van der Waals surface area contributed by atoms with Gasteiger partial charge in [-0.25, -0.2) is 0 Å². The van der Waals surface area contributed by atoms with Gasteiger partial charge in [0.15, 0.2) is 6.61 Å². The quantitative estimate of drug-likeness (QED) is 0.836. The van der Waals surface area contributed by atoms with Crippen molar-refractivity contribution < 1.29 is 19.1 Å². The highest BCUT2D eigenvalue weighted by molar-refractivity contribution is 6.30. The third-order valence-corrected chi connectivity index (χ3v) is 4.16. The molecule has 1 heterocycles. The van der Waals surface area contributed by atoms with E-state index < -0.39 is 24.4 Å². The molecule has 0 aliphatic carbocycles. The van der Waals surface area contributed by atoms with Crippen LogP contribution in [0.3, 0.4) is 0 Å². The summed E-state index contributed by atoms with van der Waals surface area (Å²) >= 11 is 5.96. The van der Waals surface area contributed by atoms with E-state index in [1.165, 1.54) is 0 Å². The van der Waals surface area contributed by atoms with Gasteiger partial charge < -0.3 is 14.8 Å². The van der Waals surface area contributed by atoms with Crippen LogP contribution in [0.1, 0.15) is 11.1 Å². The van der Waals surface area contributed by atoms with Crippen molar-refractivity contribution in [1.82, 2.24) is 0 Å². The van der Waals surface area contributed by atoms with Crippen molar-refractivity contribution >= 4 is 29.2 Å². The largest absolute Gasteiger partial charge is 0.492 e. The van der Waals surface area contributed by atoms with Gasteiger partial charge in [0.1, 0.15) is 18.4 Å². The van der Waals surface area contributed by atoms with E-state index in [0.717, 1.165) is 5.56 Å². The van der Waals surface area contributed by atoms with Gasteiger partial charge in [-0.15, -0.1) is 0 Å². The van der Waals surface area contributed by atoms with Gasteiger partial charge in [0.25, 0.3) is 5.91 Å². The molecule has 1 N–H and O–H groups in total. The van der Waals surface area contributed by atoms with Crippen LogP contribution in [0.15, 0.2) is 42.5 Å². The number of hydrogen-bond donors (Lipinski definition) is 1. The van der Waals surface area contributed by atoms with Gasteiger partial charge in [0.2, 0.25) is 0 Å². The maximum atomic E-state index is 12.2. The van der Waals surface area contributed by atoms with Crippen LogP contribution in [0.2, 0.25) is 5.02 Å². The Morgan fingerprint density at radius 3 is 2.92 bits per heavy atom. The van der Waals surface area contributed by atoms with Crippen molar-refractivity contribution in [2.75, 3.05) is 18.5 Å². The Labute approximate surface area is 155 Å². The van der Waals surface area contributed by atoms with E-state index >= 15 is 0 Å². The summed E-state index contributed by atoms with van der Waals surface area (Å²) < 4.78 is 10.6. The molecule has 3 rings (SSSR count). The molecular weight excluding hydrogens is 356 g/mol. The van der Waals surface area contributed by atoms with E-state index in [9.17, 15) is 9.59 Å². The number of benzene rings is 2. The molecule has 26 heavy (non-hydrogen) atoms. The molecule has 1 atom stereocenters. The highest BCUT2D eigenvalue weighted by Gasteiger charge is 2.28. The number of hydrogen-bond acceptors (Lipinski definition) is 5. The second-order valence-electron chi connectivity index (χ2n) is 5.78. The standard InChI is InChI=1S/C19H15ClN2O4/c20-15-5-6-17-13(8-15)7-14(10-25-17)19(24)26-11-18(23)22-16-4-2-1-3-12(16)9-21/h1-6,8,14H,7,10-11H2,(H,22,23)/t14-/m0/s1. The van der Waals surface area contributed by atoms with Crippen LogP contribution in [-0.4, -0.2) is 25.1 Å². The second-order valence-corrected chi connectivity index (χ2v) is 6.21. The van der Waals surface area contributed by atoms with Crippen molar-refractivity contribution in [3.8, 4) is 11.8 Å². The first-order valence-electron chi connectivity index (χ1n) is 7.93. The minimum Gasteiger partial charge on any atom is -0.492 e. The van der Waals surface area contributed by atoms with Crippen LogP contribution in [0.25, 0.3) is 0 Å². The highest BCUT2D eigenvalue weighted by Crippen LogP contribution is 2.30. The molecule has 1 aliphatic heterocycles. The number of carbonyl (C=O) groups is 2. The van der Waals surface area contributed by atoms with Gasteiger partial charge in [-0.1, -0.05) is 23.7 Å². The Kier molecular flexibility index (Phi) is 5.40. The molecular formula is C19H15ClN2O4. The van der Waals surface area contributed by atoms with Crippen molar-refractivity contribution in [3.63, 3.8) is 0 Å². The highest BCUT2D eigenvalue weighted by atomic mass is 35.5. The third kappa shape index (κ3) is 4.13. The number of carbonyl (C=O) groups excluding carboxylic acids is 2. The van der Waals surface area contributed by atoms with E-state index in [0.29, 0.717) is 28.4 Å². The average Bonchev–Trinajstić information content (AvgIpc) is 2.66. The van der Waals surface area contributed by atoms with E-state index in [1.807, 2.05) is 6.07 Å². The lowest BCUT2D eigenvalue weighted by molar-refractivity contribution is -0.152. The van der Waals surface area contributed by atoms with E-state index in [-0.39, 0.29) is 6.61 Å². The summed E-state index contributed by atoms with van der Waals surface area (Å²) in [5, 5.41) is 12.1. The Balaban J connectivity index is 1.54. The lowest BCUT2D eigenvalue weighted by Gasteiger charge is -2.24. The summed E-state index contributed by atoms with van der Waals surface area (Å²) in [6.07, 6.45) is 0.438. The molecule has 0 fully saturated rings. The zero-order chi connectivity index (χ0) is 18.5. The van der Waals surface area contributed by atoms with Gasteiger partial charge >= 0.3 is 5.97 Å². The van der Waals surface area contributed by atoms with E-state index in [1.54, 1.807) is 42.5 Å². The number of ether oxygens (including phenoxy) is 2. The minimum absolute atomic E-state index is 0.187. The molecule has 7 heteroatoms. The summed E-state index contributed by atoms with van der Waals surface area (Å²) in [5.74, 6) is -0.829. The number of fused-ring (bicyclic) bond motifs is 1. The summed E-state index contributed by atoms with van der Waals surface area (Å²) in [6, 6.07) is 13.8. The van der Waals surface area contributed by atoms with Crippen LogP contribution in [0.5, 0.6) is 5.75 Å². The molecule has 2 aromatic rings. The van der Waals surface area contributed by atoms with Crippen LogP contribution >= 0.6 is 11.6 Å². The first kappa shape index (κ1) is 17.8. The second kappa shape index (κ2) is 7.89. The Morgan fingerprint density at radius 1 is 1.31 bits per heavy atom. The number of halogens is 1.